The summed E-state index contributed by atoms with van der Waals surface area (Å²) in [4.78, 5) is 52.4. The molecular weight excluding hydrogens is 601 g/mol. The van der Waals surface area contributed by atoms with E-state index in [-0.39, 0.29) is 29.2 Å². The molecule has 0 aromatic heterocycles. The van der Waals surface area contributed by atoms with Crippen molar-refractivity contribution in [2.75, 3.05) is 6.54 Å². The van der Waals surface area contributed by atoms with Crippen LogP contribution in [-0.4, -0.2) is 65.2 Å². The van der Waals surface area contributed by atoms with Gasteiger partial charge < -0.3 is 26.0 Å². The van der Waals surface area contributed by atoms with Gasteiger partial charge in [-0.1, -0.05) is 87.7 Å². The van der Waals surface area contributed by atoms with E-state index in [4.69, 9.17) is 10.5 Å². The lowest BCUT2D eigenvalue weighted by molar-refractivity contribution is -0.142. The number of ether oxygens (including phenoxy) is 1. The number of alkyl carbamates (subject to hydrolysis) is 1. The molecule has 4 amide bonds. The van der Waals surface area contributed by atoms with Gasteiger partial charge in [0.1, 0.15) is 17.7 Å². The highest BCUT2D eigenvalue weighted by atomic mass is 19.4. The number of nitrogens with one attached hydrogen (secondary N) is 2. The first kappa shape index (κ1) is 47.6. The van der Waals surface area contributed by atoms with E-state index in [0.29, 0.717) is 13.0 Å². The standard InChI is InChI=1S/C24H40N4O5.C3H5F3.C3H8.2C2H6/c1-14-12-13-28(19(14)21(30)26-16(3)15(2)20(25)29)22(31)18(17-10-8-7-9-11-17)27-23(32)33-24(4,5)6;1-2-3(4,5)6;1-3-2;2*1-2/h14,16-19H,2,7-13H2,1,3-6H3,(H2,25,29)(H,26,30)(H,27,32);2H2,1H3;3H2,1-2H3;2*1-2H3/t14-,16?,18?,19?;;;;/m0..../s1. The molecule has 0 aromatic carbocycles. The smallest absolute Gasteiger partial charge is 0.408 e. The third-order valence-corrected chi connectivity index (χ3v) is 6.91. The van der Waals surface area contributed by atoms with Crippen molar-refractivity contribution in [1.29, 1.82) is 0 Å². The topological polar surface area (TPSA) is 131 Å². The summed E-state index contributed by atoms with van der Waals surface area (Å²) in [7, 11) is 0. The van der Waals surface area contributed by atoms with E-state index >= 15 is 0 Å². The van der Waals surface area contributed by atoms with Crippen molar-refractivity contribution in [3.8, 4) is 0 Å². The van der Waals surface area contributed by atoms with Gasteiger partial charge in [0.15, 0.2) is 0 Å². The summed E-state index contributed by atoms with van der Waals surface area (Å²) in [5.74, 6) is -1.39. The summed E-state index contributed by atoms with van der Waals surface area (Å²) in [5.41, 5.74) is 4.68. The van der Waals surface area contributed by atoms with Gasteiger partial charge in [-0.15, -0.1) is 0 Å². The van der Waals surface area contributed by atoms with Gasteiger partial charge in [-0.2, -0.15) is 13.2 Å². The lowest BCUT2D eigenvalue weighted by atomic mass is 9.83. The molecule has 3 unspecified atom stereocenters. The number of nitrogens with two attached hydrogens (primary N) is 1. The number of rotatable bonds is 7. The van der Waals surface area contributed by atoms with E-state index in [1.54, 1.807) is 32.6 Å². The first-order chi connectivity index (χ1) is 21.3. The minimum absolute atomic E-state index is 0.00745. The van der Waals surface area contributed by atoms with Crippen molar-refractivity contribution in [3.63, 3.8) is 0 Å². The Morgan fingerprint density at radius 2 is 1.39 bits per heavy atom. The quantitative estimate of drug-likeness (QED) is 0.240. The van der Waals surface area contributed by atoms with Gasteiger partial charge in [-0.05, 0) is 58.8 Å². The maximum Gasteiger partial charge on any atom is 0.408 e. The number of halogens is 3. The summed E-state index contributed by atoms with van der Waals surface area (Å²) >= 11 is 0. The second kappa shape index (κ2) is 24.4. The maximum atomic E-state index is 13.7. The first-order valence-electron chi connectivity index (χ1n) is 16.9. The zero-order valence-electron chi connectivity index (χ0n) is 30.7. The number of alkyl halides is 3. The molecule has 1 aliphatic carbocycles. The molecule has 0 radical (unpaired) electrons. The Bertz CT molecular complexity index is 900. The van der Waals surface area contributed by atoms with Crippen LogP contribution in [0.1, 0.15) is 134 Å². The molecule has 9 nitrogen and oxygen atoms in total. The fourth-order valence-corrected chi connectivity index (χ4v) is 4.66. The van der Waals surface area contributed by atoms with Gasteiger partial charge in [0, 0.05) is 18.5 Å². The normalized spacial score (nSPS) is 19.0. The number of hydrogen-bond donors (Lipinski definition) is 3. The summed E-state index contributed by atoms with van der Waals surface area (Å²) in [6, 6.07) is -2.10. The third kappa shape index (κ3) is 19.7. The summed E-state index contributed by atoms with van der Waals surface area (Å²) in [6.45, 7) is 26.2. The van der Waals surface area contributed by atoms with Crippen LogP contribution >= 0.6 is 0 Å². The molecule has 4 N–H and O–H groups in total. The number of hydrogen-bond acceptors (Lipinski definition) is 5. The Morgan fingerprint density at radius 3 is 1.78 bits per heavy atom. The number of carbonyl (C=O) groups is 4. The van der Waals surface area contributed by atoms with Crippen molar-refractivity contribution in [2.24, 2.45) is 17.6 Å². The maximum absolute atomic E-state index is 13.7. The number of likely N-dealkylation sites (tertiary alicyclic amines) is 1. The SMILES string of the molecule is C=C(C(N)=O)C(C)NC(=O)C1[C@@H](C)CCN1C(=O)C(NC(=O)OC(C)(C)C)C1CCCCC1.CC.CC.CCC.CCC(F)(F)F. The van der Waals surface area contributed by atoms with Gasteiger partial charge in [-0.3, -0.25) is 14.4 Å². The molecule has 2 aliphatic rings. The van der Waals surface area contributed by atoms with Gasteiger partial charge in [-0.25, -0.2) is 4.79 Å². The van der Waals surface area contributed by atoms with Crippen LogP contribution in [0.25, 0.3) is 0 Å². The minimum Gasteiger partial charge on any atom is -0.444 e. The van der Waals surface area contributed by atoms with Crippen LogP contribution in [-0.2, 0) is 19.1 Å². The zero-order valence-corrected chi connectivity index (χ0v) is 30.7. The highest BCUT2D eigenvalue weighted by Gasteiger charge is 2.44. The molecule has 1 heterocycles. The zero-order chi connectivity index (χ0) is 36.8. The number of primary amides is 1. The van der Waals surface area contributed by atoms with Gasteiger partial charge in [0.2, 0.25) is 17.7 Å². The second-order valence-electron chi connectivity index (χ2n) is 12.1. The fourth-order valence-electron chi connectivity index (χ4n) is 4.66. The second-order valence-corrected chi connectivity index (χ2v) is 12.1. The fraction of sp³-hybridized carbons (Fsp3) is 0.824. The van der Waals surface area contributed by atoms with Crippen LogP contribution in [0.4, 0.5) is 18.0 Å². The van der Waals surface area contributed by atoms with Crippen molar-refractivity contribution in [3.05, 3.63) is 12.2 Å². The van der Waals surface area contributed by atoms with Crippen LogP contribution in [0.15, 0.2) is 12.2 Å². The highest BCUT2D eigenvalue weighted by molar-refractivity contribution is 5.95. The van der Waals surface area contributed by atoms with Gasteiger partial charge >= 0.3 is 12.3 Å². The van der Waals surface area contributed by atoms with Crippen molar-refractivity contribution in [1.82, 2.24) is 15.5 Å². The van der Waals surface area contributed by atoms with Crippen molar-refractivity contribution in [2.45, 2.75) is 164 Å². The molecule has 2 rings (SSSR count). The molecule has 0 aromatic rings. The van der Waals surface area contributed by atoms with Crippen LogP contribution in [0.2, 0.25) is 0 Å². The lowest BCUT2D eigenvalue weighted by Gasteiger charge is -2.35. The Hall–Kier alpha value is -2.79. The number of nitrogens with zero attached hydrogens (tertiary/aromatic N) is 1. The first-order valence-corrected chi connectivity index (χ1v) is 16.9. The predicted octanol–water partition coefficient (Wildman–Crippen LogP) is 7.67. The van der Waals surface area contributed by atoms with Crippen LogP contribution in [0, 0.1) is 11.8 Å². The molecule has 12 heteroatoms. The Morgan fingerprint density at radius 1 is 0.935 bits per heavy atom. The number of amides is 4. The van der Waals surface area contributed by atoms with Crippen molar-refractivity contribution >= 4 is 23.8 Å². The Balaban J connectivity index is -0.00000122. The third-order valence-electron chi connectivity index (χ3n) is 6.91. The summed E-state index contributed by atoms with van der Waals surface area (Å²) < 4.78 is 37.8. The lowest BCUT2D eigenvalue weighted by Crippen LogP contribution is -2.58. The summed E-state index contributed by atoms with van der Waals surface area (Å²) in [5, 5.41) is 5.57. The molecule has 1 saturated heterocycles. The van der Waals surface area contributed by atoms with E-state index in [1.165, 1.54) is 6.42 Å². The molecule has 272 valence electrons. The average Bonchev–Trinajstić information content (AvgIpc) is 3.38. The number of carbonyl (C=O) groups excluding carboxylic acids is 4. The van der Waals surface area contributed by atoms with E-state index in [2.05, 4.69) is 31.1 Å². The predicted molar refractivity (Wildman–Crippen MR) is 180 cm³/mol. The molecule has 0 bridgehead atoms. The summed E-state index contributed by atoms with van der Waals surface area (Å²) in [6.07, 6.45) is 1.37. The molecule has 0 spiro atoms. The van der Waals surface area contributed by atoms with Crippen LogP contribution in [0.3, 0.4) is 0 Å². The van der Waals surface area contributed by atoms with E-state index in [9.17, 15) is 32.3 Å². The van der Waals surface area contributed by atoms with E-state index in [0.717, 1.165) is 39.0 Å². The van der Waals surface area contributed by atoms with Gasteiger partial charge in [0.05, 0.1) is 6.04 Å². The Labute approximate surface area is 277 Å². The van der Waals surface area contributed by atoms with Crippen LogP contribution < -0.4 is 16.4 Å². The van der Waals surface area contributed by atoms with Crippen LogP contribution in [0.5, 0.6) is 0 Å². The highest BCUT2D eigenvalue weighted by Crippen LogP contribution is 2.31. The largest absolute Gasteiger partial charge is 0.444 e. The molecular formula is C34H65F3N4O5. The average molecular weight is 667 g/mol. The van der Waals surface area contributed by atoms with Gasteiger partial charge in [0.25, 0.3) is 0 Å². The van der Waals surface area contributed by atoms with E-state index in [1.807, 2.05) is 34.6 Å². The molecule has 2 fully saturated rings. The van der Waals surface area contributed by atoms with Crippen molar-refractivity contribution < 1.29 is 37.1 Å². The molecule has 1 aliphatic heterocycles. The molecule has 1 saturated carbocycles. The molecule has 46 heavy (non-hydrogen) atoms. The molecule has 4 atom stereocenters. The Kier molecular flexibility index (Phi) is 25.2. The minimum atomic E-state index is -3.96. The monoisotopic (exact) mass is 666 g/mol. The van der Waals surface area contributed by atoms with E-state index < -0.39 is 48.3 Å².